The number of benzene rings is 3. The highest BCUT2D eigenvalue weighted by Crippen LogP contribution is 2.33. The molecule has 4 aromatic rings. The van der Waals surface area contributed by atoms with Gasteiger partial charge in [0.05, 0.1) is 16.2 Å². The Hall–Kier alpha value is -4.17. The van der Waals surface area contributed by atoms with Gasteiger partial charge in [-0.15, -0.1) is 23.1 Å². The minimum absolute atomic E-state index is 0.128. The second-order valence-electron chi connectivity index (χ2n) is 8.00. The number of para-hydroxylation sites is 2. The fourth-order valence-corrected chi connectivity index (χ4v) is 5.51. The number of nitrogens with zero attached hydrogens (tertiary/aromatic N) is 1. The number of hydrogen-bond acceptors (Lipinski definition) is 6. The van der Waals surface area contributed by atoms with E-state index in [0.29, 0.717) is 26.2 Å². The van der Waals surface area contributed by atoms with Crippen molar-refractivity contribution in [2.75, 3.05) is 27.0 Å². The molecule has 10 heteroatoms. The number of nitrogens with one attached hydrogen (secondary N) is 4. The molecule has 0 aliphatic carbocycles. The first kappa shape index (κ1) is 26.9. The van der Waals surface area contributed by atoms with Gasteiger partial charge in [0.2, 0.25) is 5.91 Å². The first-order valence-corrected chi connectivity index (χ1v) is 13.7. The molecule has 0 aliphatic rings. The van der Waals surface area contributed by atoms with E-state index in [1.807, 2.05) is 72.8 Å². The standard InChI is InChI=1S/C28H23N5O2S3/c1-18-23(16-29)27(38-25(18)26(35)30-19-9-4-2-5-10-19)33-24(34)17-37-22-14-8-13-21(15-22)32-28(36)31-20-11-6-3-7-12-20/h2-15H,17H2,1H3,(H,30,35)(H,33,34)(H2,31,32,36). The molecule has 38 heavy (non-hydrogen) atoms. The van der Waals surface area contributed by atoms with Gasteiger partial charge in [-0.2, -0.15) is 5.26 Å². The molecule has 190 valence electrons. The summed E-state index contributed by atoms with van der Waals surface area (Å²) in [6.45, 7) is 1.70. The predicted octanol–water partition coefficient (Wildman–Crippen LogP) is 6.72. The van der Waals surface area contributed by atoms with Crippen molar-refractivity contribution in [1.29, 1.82) is 5.26 Å². The number of nitriles is 1. The van der Waals surface area contributed by atoms with Gasteiger partial charge in [-0.3, -0.25) is 9.59 Å². The summed E-state index contributed by atoms with van der Waals surface area (Å²) in [6, 6.07) is 28.4. The highest BCUT2D eigenvalue weighted by atomic mass is 32.2. The zero-order valence-electron chi connectivity index (χ0n) is 20.3. The van der Waals surface area contributed by atoms with Crippen molar-refractivity contribution >= 4 is 74.3 Å². The summed E-state index contributed by atoms with van der Waals surface area (Å²) < 4.78 is 0. The third-order valence-electron chi connectivity index (χ3n) is 5.24. The second kappa shape index (κ2) is 12.9. The Morgan fingerprint density at radius 2 is 1.47 bits per heavy atom. The largest absolute Gasteiger partial charge is 0.332 e. The summed E-state index contributed by atoms with van der Waals surface area (Å²) in [5.74, 6) is -0.472. The van der Waals surface area contributed by atoms with Crippen LogP contribution in [-0.2, 0) is 4.79 Å². The van der Waals surface area contributed by atoms with Crippen LogP contribution in [0.25, 0.3) is 0 Å². The van der Waals surface area contributed by atoms with Gasteiger partial charge < -0.3 is 21.3 Å². The van der Waals surface area contributed by atoms with E-state index in [1.54, 1.807) is 19.1 Å². The topological polar surface area (TPSA) is 106 Å². The predicted molar refractivity (Wildman–Crippen MR) is 160 cm³/mol. The van der Waals surface area contributed by atoms with Crippen LogP contribution in [0.15, 0.2) is 89.8 Å². The quantitative estimate of drug-likeness (QED) is 0.141. The number of rotatable bonds is 8. The van der Waals surface area contributed by atoms with Crippen LogP contribution in [0.3, 0.4) is 0 Å². The minimum Gasteiger partial charge on any atom is -0.332 e. The van der Waals surface area contributed by atoms with Crippen LogP contribution in [0.4, 0.5) is 22.1 Å². The van der Waals surface area contributed by atoms with E-state index in [0.717, 1.165) is 27.6 Å². The second-order valence-corrected chi connectivity index (χ2v) is 10.5. The van der Waals surface area contributed by atoms with E-state index >= 15 is 0 Å². The lowest BCUT2D eigenvalue weighted by Crippen LogP contribution is -2.19. The Labute approximate surface area is 234 Å². The van der Waals surface area contributed by atoms with Gasteiger partial charge in [0, 0.05) is 22.0 Å². The smallest absolute Gasteiger partial charge is 0.266 e. The van der Waals surface area contributed by atoms with E-state index in [2.05, 4.69) is 27.3 Å². The number of amides is 2. The number of thiocarbonyl (C=S) groups is 1. The summed E-state index contributed by atoms with van der Waals surface area (Å²) in [5, 5.41) is 22.4. The molecule has 4 rings (SSSR count). The summed E-state index contributed by atoms with van der Waals surface area (Å²) in [6.07, 6.45) is 0. The average Bonchev–Trinajstić information content (AvgIpc) is 3.23. The first-order chi connectivity index (χ1) is 18.4. The van der Waals surface area contributed by atoms with Crippen molar-refractivity contribution < 1.29 is 9.59 Å². The highest BCUT2D eigenvalue weighted by Gasteiger charge is 2.21. The zero-order chi connectivity index (χ0) is 26.9. The molecular weight excluding hydrogens is 535 g/mol. The molecule has 0 unspecified atom stereocenters. The SMILES string of the molecule is Cc1c(C(=O)Nc2ccccc2)sc(NC(=O)CSc2cccc(NC(=S)Nc3ccccc3)c2)c1C#N. The molecule has 0 saturated heterocycles. The third kappa shape index (κ3) is 7.20. The monoisotopic (exact) mass is 557 g/mol. The maximum Gasteiger partial charge on any atom is 0.266 e. The first-order valence-electron chi connectivity index (χ1n) is 11.5. The van der Waals surface area contributed by atoms with E-state index < -0.39 is 0 Å². The molecule has 0 radical (unpaired) electrons. The lowest BCUT2D eigenvalue weighted by atomic mass is 10.1. The van der Waals surface area contributed by atoms with Crippen LogP contribution >= 0.6 is 35.3 Å². The molecule has 7 nitrogen and oxygen atoms in total. The van der Waals surface area contributed by atoms with Gasteiger partial charge in [-0.25, -0.2) is 0 Å². The average molecular weight is 558 g/mol. The van der Waals surface area contributed by atoms with Crippen molar-refractivity contribution in [3.05, 3.63) is 101 Å². The zero-order valence-corrected chi connectivity index (χ0v) is 22.7. The van der Waals surface area contributed by atoms with E-state index in [-0.39, 0.29) is 23.1 Å². The maximum absolute atomic E-state index is 12.8. The molecule has 3 aromatic carbocycles. The Balaban J connectivity index is 1.35. The van der Waals surface area contributed by atoms with Crippen LogP contribution in [0.2, 0.25) is 0 Å². The molecule has 0 spiro atoms. The molecule has 4 N–H and O–H groups in total. The van der Waals surface area contributed by atoms with Gasteiger partial charge in [0.25, 0.3) is 5.91 Å². The van der Waals surface area contributed by atoms with Crippen molar-refractivity contribution in [1.82, 2.24) is 0 Å². The fourth-order valence-electron chi connectivity index (χ4n) is 3.45. The van der Waals surface area contributed by atoms with Crippen LogP contribution in [0, 0.1) is 18.3 Å². The van der Waals surface area contributed by atoms with Gasteiger partial charge in [-0.1, -0.05) is 42.5 Å². The molecule has 0 aliphatic heterocycles. The number of thiophene rings is 1. The number of hydrogen-bond donors (Lipinski definition) is 4. The van der Waals surface area contributed by atoms with Gasteiger partial charge >= 0.3 is 0 Å². The Kier molecular flexibility index (Phi) is 9.11. The molecular formula is C28H23N5O2S3. The van der Waals surface area contributed by atoms with Crippen LogP contribution in [0.5, 0.6) is 0 Å². The maximum atomic E-state index is 12.8. The molecule has 0 saturated carbocycles. The summed E-state index contributed by atoms with van der Waals surface area (Å²) >= 11 is 7.83. The Bertz CT molecular complexity index is 1500. The number of thioether (sulfide) groups is 1. The van der Waals surface area contributed by atoms with Gasteiger partial charge in [0.15, 0.2) is 5.11 Å². The van der Waals surface area contributed by atoms with Crippen molar-refractivity contribution in [3.63, 3.8) is 0 Å². The highest BCUT2D eigenvalue weighted by molar-refractivity contribution is 8.00. The Morgan fingerprint density at radius 1 is 0.868 bits per heavy atom. The Morgan fingerprint density at radius 3 is 2.13 bits per heavy atom. The molecule has 1 aromatic heterocycles. The van der Waals surface area contributed by atoms with Crippen molar-refractivity contribution in [2.45, 2.75) is 11.8 Å². The van der Waals surface area contributed by atoms with E-state index in [1.165, 1.54) is 11.8 Å². The van der Waals surface area contributed by atoms with Crippen molar-refractivity contribution in [3.8, 4) is 6.07 Å². The van der Waals surface area contributed by atoms with E-state index in [9.17, 15) is 14.9 Å². The van der Waals surface area contributed by atoms with Gasteiger partial charge in [0.1, 0.15) is 11.1 Å². The van der Waals surface area contributed by atoms with Crippen molar-refractivity contribution in [2.24, 2.45) is 0 Å². The number of carbonyl (C=O) groups excluding carboxylic acids is 2. The number of carbonyl (C=O) groups is 2. The normalized spacial score (nSPS) is 10.2. The molecule has 1 heterocycles. The molecule has 0 bridgehead atoms. The fraction of sp³-hybridized carbons (Fsp3) is 0.0714. The molecule has 0 atom stereocenters. The molecule has 2 amide bonds. The van der Waals surface area contributed by atoms with E-state index in [4.69, 9.17) is 12.2 Å². The minimum atomic E-state index is -0.325. The van der Waals surface area contributed by atoms with Crippen LogP contribution in [0.1, 0.15) is 20.8 Å². The number of anilines is 4. The summed E-state index contributed by atoms with van der Waals surface area (Å²) in [5.41, 5.74) is 3.15. The van der Waals surface area contributed by atoms with Crippen LogP contribution < -0.4 is 21.3 Å². The summed E-state index contributed by atoms with van der Waals surface area (Å²) in [4.78, 5) is 26.8. The van der Waals surface area contributed by atoms with Gasteiger partial charge in [-0.05, 0) is 67.2 Å². The lowest BCUT2D eigenvalue weighted by Gasteiger charge is -2.11. The third-order valence-corrected chi connectivity index (χ3v) is 7.65. The lowest BCUT2D eigenvalue weighted by molar-refractivity contribution is -0.113. The summed E-state index contributed by atoms with van der Waals surface area (Å²) in [7, 11) is 0. The van der Waals surface area contributed by atoms with Crippen LogP contribution in [-0.4, -0.2) is 22.7 Å². The molecule has 0 fully saturated rings.